The first-order valence-electron chi connectivity index (χ1n) is 7.02. The van der Waals surface area contributed by atoms with E-state index in [9.17, 15) is 0 Å². The maximum atomic E-state index is 6.65. The van der Waals surface area contributed by atoms with Crippen LogP contribution in [0.5, 0.6) is 0 Å². The molecule has 2 heteroatoms. The van der Waals surface area contributed by atoms with Crippen molar-refractivity contribution in [3.63, 3.8) is 0 Å². The van der Waals surface area contributed by atoms with Gasteiger partial charge >= 0.3 is 0 Å². The normalized spacial score (nSPS) is 12.5. The lowest BCUT2D eigenvalue weighted by atomic mass is 9.98. The van der Waals surface area contributed by atoms with Gasteiger partial charge in [0.2, 0.25) is 0 Å². The van der Waals surface area contributed by atoms with E-state index in [0.717, 1.165) is 10.9 Å². The summed E-state index contributed by atoms with van der Waals surface area (Å²) in [6.45, 7) is 2.09. The summed E-state index contributed by atoms with van der Waals surface area (Å²) in [6, 6.07) is 21.2. The monoisotopic (exact) mass is 358 g/mol. The van der Waals surface area contributed by atoms with Gasteiger partial charge in [0.05, 0.1) is 5.38 Å². The Balaban J connectivity index is 1.92. The van der Waals surface area contributed by atoms with E-state index >= 15 is 0 Å². The van der Waals surface area contributed by atoms with Crippen molar-refractivity contribution in [2.45, 2.75) is 18.7 Å². The molecule has 0 bridgehead atoms. The van der Waals surface area contributed by atoms with E-state index < -0.39 is 0 Å². The highest BCUT2D eigenvalue weighted by Crippen LogP contribution is 2.30. The van der Waals surface area contributed by atoms with Crippen molar-refractivity contribution in [2.24, 2.45) is 0 Å². The predicted octanol–water partition coefficient (Wildman–Crippen LogP) is 6.43. The van der Waals surface area contributed by atoms with Crippen LogP contribution in [-0.4, -0.2) is 0 Å². The van der Waals surface area contributed by atoms with Crippen molar-refractivity contribution in [1.29, 1.82) is 0 Å². The second kappa shape index (κ2) is 6.21. The molecule has 21 heavy (non-hydrogen) atoms. The average Bonchev–Trinajstić information content (AvgIpc) is 2.50. The second-order valence-corrected chi connectivity index (χ2v) is 6.70. The Morgan fingerprint density at radius 1 is 1.00 bits per heavy atom. The van der Waals surface area contributed by atoms with Gasteiger partial charge in [-0.2, -0.15) is 0 Å². The van der Waals surface area contributed by atoms with Crippen molar-refractivity contribution in [3.8, 4) is 0 Å². The number of hydrogen-bond acceptors (Lipinski definition) is 0. The Morgan fingerprint density at radius 2 is 1.76 bits per heavy atom. The molecular formula is C19H16BrCl. The number of aryl methyl sites for hydroxylation is 1. The standard InChI is InChI=1S/C19H16BrCl/c1-13-11-16(9-10-18(13)20)19(21)12-15-7-4-6-14-5-2-3-8-17(14)15/h2-11,19H,12H2,1H3. The summed E-state index contributed by atoms with van der Waals surface area (Å²) in [4.78, 5) is 0. The smallest absolute Gasteiger partial charge is 0.0625 e. The van der Waals surface area contributed by atoms with Gasteiger partial charge in [-0.15, -0.1) is 11.6 Å². The van der Waals surface area contributed by atoms with Crippen LogP contribution in [0.1, 0.15) is 22.1 Å². The minimum Gasteiger partial charge on any atom is -0.117 e. The molecule has 0 heterocycles. The van der Waals surface area contributed by atoms with Gasteiger partial charge in [-0.05, 0) is 46.9 Å². The molecule has 0 amide bonds. The topological polar surface area (TPSA) is 0 Å². The molecule has 0 saturated carbocycles. The molecule has 0 spiro atoms. The van der Waals surface area contributed by atoms with E-state index in [1.165, 1.54) is 27.5 Å². The highest BCUT2D eigenvalue weighted by molar-refractivity contribution is 9.10. The number of benzene rings is 3. The van der Waals surface area contributed by atoms with E-state index in [2.05, 4.69) is 83.5 Å². The number of fused-ring (bicyclic) bond motifs is 1. The molecule has 1 atom stereocenters. The zero-order chi connectivity index (χ0) is 14.8. The summed E-state index contributed by atoms with van der Waals surface area (Å²) in [6.07, 6.45) is 0.837. The lowest BCUT2D eigenvalue weighted by molar-refractivity contribution is 0.925. The van der Waals surface area contributed by atoms with Crippen molar-refractivity contribution in [3.05, 3.63) is 81.8 Å². The molecule has 0 saturated heterocycles. The van der Waals surface area contributed by atoms with Crippen LogP contribution in [0.25, 0.3) is 10.8 Å². The average molecular weight is 360 g/mol. The SMILES string of the molecule is Cc1cc(C(Cl)Cc2cccc3ccccc23)ccc1Br. The highest BCUT2D eigenvalue weighted by atomic mass is 79.9. The van der Waals surface area contributed by atoms with Crippen molar-refractivity contribution in [2.75, 3.05) is 0 Å². The molecule has 0 aromatic heterocycles. The van der Waals surface area contributed by atoms with Gasteiger partial charge in [0.25, 0.3) is 0 Å². The molecule has 0 nitrogen and oxygen atoms in total. The summed E-state index contributed by atoms with van der Waals surface area (Å²) in [5, 5.41) is 2.55. The zero-order valence-corrected chi connectivity index (χ0v) is 14.2. The highest BCUT2D eigenvalue weighted by Gasteiger charge is 2.11. The van der Waals surface area contributed by atoms with Gasteiger partial charge in [0, 0.05) is 4.47 Å². The van der Waals surface area contributed by atoms with Crippen LogP contribution >= 0.6 is 27.5 Å². The number of hydrogen-bond donors (Lipinski definition) is 0. The van der Waals surface area contributed by atoms with E-state index in [1.807, 2.05) is 0 Å². The molecule has 106 valence electrons. The first-order valence-corrected chi connectivity index (χ1v) is 8.25. The van der Waals surface area contributed by atoms with Gasteiger partial charge in [-0.1, -0.05) is 70.5 Å². The zero-order valence-electron chi connectivity index (χ0n) is 11.8. The first-order chi connectivity index (χ1) is 10.1. The number of rotatable bonds is 3. The maximum Gasteiger partial charge on any atom is 0.0625 e. The predicted molar refractivity (Wildman–Crippen MR) is 95.1 cm³/mol. The Morgan fingerprint density at radius 3 is 2.57 bits per heavy atom. The van der Waals surface area contributed by atoms with E-state index in [-0.39, 0.29) is 5.38 Å². The summed E-state index contributed by atoms with van der Waals surface area (Å²) in [5.41, 5.74) is 3.69. The molecule has 3 aromatic rings. The summed E-state index contributed by atoms with van der Waals surface area (Å²) >= 11 is 10.2. The van der Waals surface area contributed by atoms with Crippen molar-refractivity contribution in [1.82, 2.24) is 0 Å². The molecule has 1 unspecified atom stereocenters. The largest absolute Gasteiger partial charge is 0.117 e. The van der Waals surface area contributed by atoms with Gasteiger partial charge in [-0.3, -0.25) is 0 Å². The molecule has 0 N–H and O–H groups in total. The summed E-state index contributed by atoms with van der Waals surface area (Å²) in [7, 11) is 0. The van der Waals surface area contributed by atoms with Gasteiger partial charge in [-0.25, -0.2) is 0 Å². The third-order valence-corrected chi connectivity index (χ3v) is 5.12. The molecule has 0 aliphatic carbocycles. The fourth-order valence-electron chi connectivity index (χ4n) is 2.64. The summed E-state index contributed by atoms with van der Waals surface area (Å²) < 4.78 is 1.13. The van der Waals surface area contributed by atoms with Crippen LogP contribution in [0.4, 0.5) is 0 Å². The van der Waals surface area contributed by atoms with Gasteiger partial charge in [0.1, 0.15) is 0 Å². The van der Waals surface area contributed by atoms with Gasteiger partial charge < -0.3 is 0 Å². The van der Waals surface area contributed by atoms with Crippen LogP contribution in [0, 0.1) is 6.92 Å². The molecule has 3 aromatic carbocycles. The van der Waals surface area contributed by atoms with E-state index in [0.29, 0.717) is 0 Å². The maximum absolute atomic E-state index is 6.65. The Labute approximate surface area is 138 Å². The minimum absolute atomic E-state index is 0.0115. The Bertz CT molecular complexity index is 774. The lowest BCUT2D eigenvalue weighted by Crippen LogP contribution is -1.97. The first kappa shape index (κ1) is 14.6. The van der Waals surface area contributed by atoms with Crippen LogP contribution in [0.2, 0.25) is 0 Å². The molecule has 3 rings (SSSR count). The third kappa shape index (κ3) is 3.14. The molecule has 0 fully saturated rings. The quantitative estimate of drug-likeness (QED) is 0.472. The number of alkyl halides is 1. The molecular weight excluding hydrogens is 344 g/mol. The number of halogens is 2. The van der Waals surface area contributed by atoms with Crippen molar-refractivity contribution >= 4 is 38.3 Å². The molecule has 0 aliphatic rings. The fraction of sp³-hybridized carbons (Fsp3) is 0.158. The van der Waals surface area contributed by atoms with Crippen LogP contribution in [0.3, 0.4) is 0 Å². The van der Waals surface area contributed by atoms with E-state index in [1.54, 1.807) is 0 Å². The van der Waals surface area contributed by atoms with Crippen LogP contribution < -0.4 is 0 Å². The van der Waals surface area contributed by atoms with Crippen LogP contribution in [0.15, 0.2) is 65.1 Å². The summed E-state index contributed by atoms with van der Waals surface area (Å²) in [5.74, 6) is 0. The molecule has 0 aliphatic heterocycles. The van der Waals surface area contributed by atoms with E-state index in [4.69, 9.17) is 11.6 Å². The van der Waals surface area contributed by atoms with Crippen molar-refractivity contribution < 1.29 is 0 Å². The lowest BCUT2D eigenvalue weighted by Gasteiger charge is -2.13. The Hall–Kier alpha value is -1.31. The third-order valence-electron chi connectivity index (χ3n) is 3.82. The van der Waals surface area contributed by atoms with Crippen LogP contribution in [-0.2, 0) is 6.42 Å². The van der Waals surface area contributed by atoms with Gasteiger partial charge in [0.15, 0.2) is 0 Å². The second-order valence-electron chi connectivity index (χ2n) is 5.32. The molecule has 0 radical (unpaired) electrons. The fourth-order valence-corrected chi connectivity index (χ4v) is 3.19. The Kier molecular flexibility index (Phi) is 4.32. The minimum atomic E-state index is -0.0115.